The molecule has 0 aromatic carbocycles. The molecule has 2 heterocycles. The highest BCUT2D eigenvalue weighted by atomic mass is 32.2. The summed E-state index contributed by atoms with van der Waals surface area (Å²) in [5.74, 6) is 0.0979. The second-order valence-electron chi connectivity index (χ2n) is 5.49. The zero-order chi connectivity index (χ0) is 15.6. The third-order valence-corrected chi connectivity index (χ3v) is 4.75. The van der Waals surface area contributed by atoms with Gasteiger partial charge in [-0.05, 0) is 31.2 Å². The van der Waals surface area contributed by atoms with E-state index in [2.05, 4.69) is 0 Å². The first-order valence-electron chi connectivity index (χ1n) is 6.92. The topological polar surface area (TPSA) is 106 Å². The number of amides is 1. The van der Waals surface area contributed by atoms with Crippen LogP contribution >= 0.6 is 0 Å². The van der Waals surface area contributed by atoms with Crippen LogP contribution in [0, 0.1) is 5.92 Å². The summed E-state index contributed by atoms with van der Waals surface area (Å²) in [6.07, 6.45) is 3.92. The van der Waals surface area contributed by atoms with Crippen LogP contribution in [0.25, 0.3) is 0 Å². The fourth-order valence-corrected chi connectivity index (χ4v) is 3.31. The smallest absolute Gasteiger partial charge is 0.270 e. The Morgan fingerprint density at radius 1 is 1.52 bits per heavy atom. The van der Waals surface area contributed by atoms with E-state index in [1.807, 2.05) is 0 Å². The van der Waals surface area contributed by atoms with Gasteiger partial charge in [-0.1, -0.05) is 0 Å². The summed E-state index contributed by atoms with van der Waals surface area (Å²) < 4.78 is 24.2. The molecule has 1 saturated heterocycles. The summed E-state index contributed by atoms with van der Waals surface area (Å²) in [7, 11) is -2.19. The summed E-state index contributed by atoms with van der Waals surface area (Å²) in [6, 6.07) is 1.31. The van der Waals surface area contributed by atoms with Crippen molar-refractivity contribution in [3.05, 3.63) is 18.0 Å². The van der Waals surface area contributed by atoms with Gasteiger partial charge < -0.3 is 14.6 Å². The van der Waals surface area contributed by atoms with Crippen LogP contribution in [0.5, 0.6) is 0 Å². The van der Waals surface area contributed by atoms with Gasteiger partial charge in [0, 0.05) is 32.9 Å². The Morgan fingerprint density at radius 2 is 2.24 bits per heavy atom. The van der Waals surface area contributed by atoms with Crippen LogP contribution in [0.1, 0.15) is 29.8 Å². The van der Waals surface area contributed by atoms with Crippen LogP contribution in [0.15, 0.2) is 17.2 Å². The maximum atomic E-state index is 12.5. The minimum atomic E-state index is -3.81. The largest absolute Gasteiger partial charge is 0.396 e. The Labute approximate surface area is 124 Å². The van der Waals surface area contributed by atoms with Gasteiger partial charge in [-0.25, -0.2) is 13.6 Å². The zero-order valence-electron chi connectivity index (χ0n) is 12.0. The first kappa shape index (κ1) is 16.0. The number of nitrogens with two attached hydrogens (primary N) is 1. The molecule has 1 aromatic rings. The fraction of sp³-hybridized carbons (Fsp3) is 0.615. The molecule has 1 aromatic heterocycles. The number of aromatic nitrogens is 1. The molecule has 3 N–H and O–H groups in total. The quantitative estimate of drug-likeness (QED) is 0.809. The number of primary sulfonamides is 1. The van der Waals surface area contributed by atoms with Gasteiger partial charge >= 0.3 is 0 Å². The van der Waals surface area contributed by atoms with Crippen molar-refractivity contribution in [1.29, 1.82) is 0 Å². The van der Waals surface area contributed by atoms with Gasteiger partial charge in [-0.15, -0.1) is 0 Å². The average Bonchev–Trinajstić information content (AvgIpc) is 2.81. The molecule has 0 spiro atoms. The number of aryl methyl sites for hydroxylation is 1. The molecular weight excluding hydrogens is 294 g/mol. The van der Waals surface area contributed by atoms with Crippen LogP contribution in [0.2, 0.25) is 0 Å². The molecule has 0 radical (unpaired) electrons. The Kier molecular flexibility index (Phi) is 4.70. The van der Waals surface area contributed by atoms with Crippen LogP contribution in [-0.2, 0) is 17.1 Å². The maximum absolute atomic E-state index is 12.5. The highest BCUT2D eigenvalue weighted by Crippen LogP contribution is 2.22. The number of hydrogen-bond acceptors (Lipinski definition) is 4. The van der Waals surface area contributed by atoms with Crippen molar-refractivity contribution in [2.75, 3.05) is 19.7 Å². The number of rotatable bonds is 4. The minimum absolute atomic E-state index is 0.0581. The molecule has 118 valence electrons. The lowest BCUT2D eigenvalue weighted by molar-refractivity contribution is 0.0644. The summed E-state index contributed by atoms with van der Waals surface area (Å²) >= 11 is 0. The van der Waals surface area contributed by atoms with Gasteiger partial charge in [0.1, 0.15) is 10.6 Å². The third-order valence-electron chi connectivity index (χ3n) is 3.87. The Bertz CT molecular complexity index is 621. The first-order chi connectivity index (χ1) is 9.82. The average molecular weight is 315 g/mol. The summed E-state index contributed by atoms with van der Waals surface area (Å²) in [4.78, 5) is 14.2. The molecule has 0 bridgehead atoms. The standard InChI is InChI=1S/C13H21N3O4S/c1-15-9-11(21(14,19)20)7-12(15)13(18)16-5-2-3-10(8-16)4-6-17/h7,9-10,17H,2-6,8H2,1H3,(H2,14,19,20). The normalized spacial score (nSPS) is 19.8. The number of nitrogens with zero attached hydrogens (tertiary/aromatic N) is 2. The number of aliphatic hydroxyl groups excluding tert-OH is 1. The van der Waals surface area contributed by atoms with Crippen molar-refractivity contribution in [2.24, 2.45) is 18.1 Å². The van der Waals surface area contributed by atoms with Crippen LogP contribution in [0.3, 0.4) is 0 Å². The number of sulfonamides is 1. The molecule has 2 rings (SSSR count). The number of hydrogen-bond donors (Lipinski definition) is 2. The van der Waals surface area contributed by atoms with E-state index in [0.717, 1.165) is 12.8 Å². The van der Waals surface area contributed by atoms with Gasteiger partial charge in [0.2, 0.25) is 10.0 Å². The Balaban J connectivity index is 2.18. The van der Waals surface area contributed by atoms with Crippen molar-refractivity contribution in [3.63, 3.8) is 0 Å². The molecule has 0 saturated carbocycles. The van der Waals surface area contributed by atoms with Crippen molar-refractivity contribution in [3.8, 4) is 0 Å². The molecule has 1 unspecified atom stereocenters. The number of carbonyl (C=O) groups is 1. The maximum Gasteiger partial charge on any atom is 0.270 e. The van der Waals surface area contributed by atoms with Crippen LogP contribution in [0.4, 0.5) is 0 Å². The molecule has 1 amide bonds. The van der Waals surface area contributed by atoms with Gasteiger partial charge in [-0.2, -0.15) is 0 Å². The Morgan fingerprint density at radius 3 is 2.81 bits per heavy atom. The van der Waals surface area contributed by atoms with E-state index >= 15 is 0 Å². The molecule has 8 heteroatoms. The highest BCUT2D eigenvalue weighted by Gasteiger charge is 2.26. The zero-order valence-corrected chi connectivity index (χ0v) is 12.8. The lowest BCUT2D eigenvalue weighted by Gasteiger charge is -2.32. The highest BCUT2D eigenvalue weighted by molar-refractivity contribution is 7.89. The predicted octanol–water partition coefficient (Wildman–Crippen LogP) is -0.0929. The first-order valence-corrected chi connectivity index (χ1v) is 8.47. The van der Waals surface area contributed by atoms with Crippen LogP contribution in [-0.4, -0.2) is 48.6 Å². The molecule has 1 atom stereocenters. The third kappa shape index (κ3) is 3.63. The molecule has 1 aliphatic heterocycles. The second-order valence-corrected chi connectivity index (χ2v) is 7.05. The number of aliphatic hydroxyl groups is 1. The van der Waals surface area contributed by atoms with E-state index in [4.69, 9.17) is 10.2 Å². The minimum Gasteiger partial charge on any atom is -0.396 e. The van der Waals surface area contributed by atoms with E-state index in [0.29, 0.717) is 31.1 Å². The van der Waals surface area contributed by atoms with Crippen molar-refractivity contribution in [1.82, 2.24) is 9.47 Å². The number of likely N-dealkylation sites (tertiary alicyclic amines) is 1. The van der Waals surface area contributed by atoms with E-state index in [9.17, 15) is 13.2 Å². The van der Waals surface area contributed by atoms with Gasteiger partial charge in [0.25, 0.3) is 5.91 Å². The summed E-state index contributed by atoms with van der Waals surface area (Å²) in [6.45, 7) is 1.36. The second kappa shape index (κ2) is 6.17. The predicted molar refractivity (Wildman–Crippen MR) is 77.1 cm³/mol. The number of piperidine rings is 1. The van der Waals surface area contributed by atoms with E-state index in [1.165, 1.54) is 16.8 Å². The van der Waals surface area contributed by atoms with Crippen molar-refractivity contribution < 1.29 is 18.3 Å². The van der Waals surface area contributed by atoms with Gasteiger partial charge in [0.05, 0.1) is 0 Å². The van der Waals surface area contributed by atoms with E-state index < -0.39 is 10.0 Å². The molecule has 7 nitrogen and oxygen atoms in total. The fourth-order valence-electron chi connectivity index (χ4n) is 2.73. The number of carbonyl (C=O) groups excluding carboxylic acids is 1. The molecule has 0 aliphatic carbocycles. The monoisotopic (exact) mass is 315 g/mol. The Hall–Kier alpha value is -1.38. The van der Waals surface area contributed by atoms with E-state index in [1.54, 1.807) is 11.9 Å². The summed E-state index contributed by atoms with van der Waals surface area (Å²) in [5.41, 5.74) is 0.309. The molecule has 21 heavy (non-hydrogen) atoms. The van der Waals surface area contributed by atoms with Crippen molar-refractivity contribution in [2.45, 2.75) is 24.2 Å². The summed E-state index contributed by atoms with van der Waals surface area (Å²) in [5, 5.41) is 14.1. The van der Waals surface area contributed by atoms with Gasteiger partial charge in [0.15, 0.2) is 0 Å². The lowest BCUT2D eigenvalue weighted by atomic mass is 9.95. The lowest BCUT2D eigenvalue weighted by Crippen LogP contribution is -2.40. The molecular formula is C13H21N3O4S. The van der Waals surface area contributed by atoms with Crippen molar-refractivity contribution >= 4 is 15.9 Å². The molecule has 1 fully saturated rings. The van der Waals surface area contributed by atoms with Gasteiger partial charge in [-0.3, -0.25) is 4.79 Å². The van der Waals surface area contributed by atoms with Crippen LogP contribution < -0.4 is 5.14 Å². The SMILES string of the molecule is Cn1cc(S(N)(=O)=O)cc1C(=O)N1CCCC(CCO)C1. The molecule has 1 aliphatic rings. The van der Waals surface area contributed by atoms with E-state index in [-0.39, 0.29) is 17.4 Å².